The third-order valence-electron chi connectivity index (χ3n) is 3.07. The first kappa shape index (κ1) is 17.5. The summed E-state index contributed by atoms with van der Waals surface area (Å²) in [4.78, 5) is 37.9. The van der Waals surface area contributed by atoms with Crippen molar-refractivity contribution in [2.45, 2.75) is 32.6 Å². The van der Waals surface area contributed by atoms with Crippen LogP contribution in [0.4, 0.5) is 0 Å². The molecule has 0 heterocycles. The van der Waals surface area contributed by atoms with Crippen molar-refractivity contribution in [2.24, 2.45) is 0 Å². The van der Waals surface area contributed by atoms with Crippen LogP contribution in [0.3, 0.4) is 0 Å². The summed E-state index contributed by atoms with van der Waals surface area (Å²) in [5, 5.41) is 0. The van der Waals surface area contributed by atoms with Crippen LogP contribution in [0.15, 0.2) is 30.3 Å². The molecular formula is C16H18N2O4. The van der Waals surface area contributed by atoms with Gasteiger partial charge in [0.2, 0.25) is 0 Å². The molecule has 1 unspecified atom stereocenters. The normalized spacial score (nSPS) is 11.2. The van der Waals surface area contributed by atoms with Crippen LogP contribution in [0.5, 0.6) is 0 Å². The van der Waals surface area contributed by atoms with Gasteiger partial charge in [-0.3, -0.25) is 4.79 Å². The Morgan fingerprint density at radius 2 is 1.82 bits per heavy atom. The zero-order valence-electron chi connectivity index (χ0n) is 12.6. The Morgan fingerprint density at radius 1 is 1.18 bits per heavy atom. The highest BCUT2D eigenvalue weighted by atomic mass is 16.5. The van der Waals surface area contributed by atoms with E-state index in [1.807, 2.05) is 6.07 Å². The smallest absolute Gasteiger partial charge is 0.441 e. The Balaban J connectivity index is 2.94. The summed E-state index contributed by atoms with van der Waals surface area (Å²) in [5.41, 5.74) is 9.02. The van der Waals surface area contributed by atoms with E-state index in [9.17, 15) is 14.4 Å². The topological polar surface area (TPSA) is 96.8 Å². The van der Waals surface area contributed by atoms with Crippen LogP contribution in [0.25, 0.3) is 5.53 Å². The highest BCUT2D eigenvalue weighted by Crippen LogP contribution is 2.24. The first-order valence-corrected chi connectivity index (χ1v) is 6.96. The van der Waals surface area contributed by atoms with Gasteiger partial charge in [0.25, 0.3) is 5.78 Å². The Kier molecular flexibility index (Phi) is 6.86. The number of rotatable bonds is 8. The van der Waals surface area contributed by atoms with Crippen molar-refractivity contribution in [3.63, 3.8) is 0 Å². The Bertz CT molecular complexity index is 604. The second-order valence-corrected chi connectivity index (χ2v) is 4.81. The molecule has 0 amide bonds. The van der Waals surface area contributed by atoms with Crippen molar-refractivity contribution >= 4 is 23.2 Å². The van der Waals surface area contributed by atoms with Gasteiger partial charge < -0.3 is 15.1 Å². The van der Waals surface area contributed by atoms with Crippen molar-refractivity contribution in [3.8, 4) is 0 Å². The van der Waals surface area contributed by atoms with Gasteiger partial charge >= 0.3 is 11.7 Å². The number of hydrogen-bond acceptors (Lipinski definition) is 4. The molecule has 6 nitrogen and oxygen atoms in total. The average molecular weight is 302 g/mol. The quantitative estimate of drug-likeness (QED) is 0.241. The van der Waals surface area contributed by atoms with Crippen LogP contribution < -0.4 is 0 Å². The zero-order valence-corrected chi connectivity index (χ0v) is 12.6. The number of carbonyl (C=O) groups excluding carboxylic acids is 3. The van der Waals surface area contributed by atoms with Crippen LogP contribution in [0, 0.1) is 0 Å². The SMILES string of the molecule is CCOC(=O)C(=[N+]=[N-])C(=O)CC(CC(C)=O)c1ccccc1. The van der Waals surface area contributed by atoms with E-state index in [2.05, 4.69) is 9.53 Å². The minimum atomic E-state index is -0.968. The van der Waals surface area contributed by atoms with Crippen LogP contribution in [0.1, 0.15) is 38.2 Å². The van der Waals surface area contributed by atoms with E-state index in [1.54, 1.807) is 31.2 Å². The van der Waals surface area contributed by atoms with Crippen LogP contribution in [0.2, 0.25) is 0 Å². The molecule has 0 N–H and O–H groups in total. The Labute approximate surface area is 128 Å². The number of ketones is 2. The molecule has 0 bridgehead atoms. The molecule has 0 aliphatic carbocycles. The van der Waals surface area contributed by atoms with E-state index < -0.39 is 17.5 Å². The molecule has 0 fully saturated rings. The van der Waals surface area contributed by atoms with Crippen LogP contribution in [-0.4, -0.2) is 34.6 Å². The summed E-state index contributed by atoms with van der Waals surface area (Å²) >= 11 is 0. The molecule has 116 valence electrons. The van der Waals surface area contributed by atoms with Gasteiger partial charge in [-0.2, -0.15) is 4.79 Å². The highest BCUT2D eigenvalue weighted by molar-refractivity contribution is 6.62. The second-order valence-electron chi connectivity index (χ2n) is 4.81. The second kappa shape index (κ2) is 8.64. The number of hydrogen-bond donors (Lipinski definition) is 0. The van der Waals surface area contributed by atoms with Gasteiger partial charge in [-0.1, -0.05) is 30.3 Å². The lowest BCUT2D eigenvalue weighted by Crippen LogP contribution is -2.29. The third kappa shape index (κ3) is 5.07. The minimum absolute atomic E-state index is 0.0692. The maximum atomic E-state index is 12.2. The first-order chi connectivity index (χ1) is 10.5. The molecule has 22 heavy (non-hydrogen) atoms. The summed E-state index contributed by atoms with van der Waals surface area (Å²) in [7, 11) is 0. The molecule has 0 aliphatic heterocycles. The van der Waals surface area contributed by atoms with E-state index in [4.69, 9.17) is 5.53 Å². The standard InChI is InChI=1S/C16H18N2O4/c1-3-22-16(21)15(18-17)14(20)10-13(9-11(2)19)12-7-5-4-6-8-12/h4-8,13H,3,9-10H2,1-2H3. The van der Waals surface area contributed by atoms with Gasteiger partial charge in [0.05, 0.1) is 6.61 Å². The van der Waals surface area contributed by atoms with E-state index in [0.717, 1.165) is 5.56 Å². The Morgan fingerprint density at radius 3 is 2.32 bits per heavy atom. The lowest BCUT2D eigenvalue weighted by atomic mass is 9.88. The number of benzene rings is 1. The van der Waals surface area contributed by atoms with Gasteiger partial charge in [-0.15, -0.1) is 0 Å². The van der Waals surface area contributed by atoms with Crippen molar-refractivity contribution in [3.05, 3.63) is 41.4 Å². The summed E-state index contributed by atoms with van der Waals surface area (Å²) in [5.74, 6) is -2.07. The maximum absolute atomic E-state index is 12.2. The van der Waals surface area contributed by atoms with E-state index in [-0.39, 0.29) is 31.1 Å². The fraction of sp³-hybridized carbons (Fsp3) is 0.375. The fourth-order valence-electron chi connectivity index (χ4n) is 2.11. The Hall–Kier alpha value is -2.59. The van der Waals surface area contributed by atoms with Crippen molar-refractivity contribution < 1.29 is 23.9 Å². The first-order valence-electron chi connectivity index (χ1n) is 6.96. The molecule has 1 atom stereocenters. The molecule has 1 aromatic carbocycles. The number of ether oxygens (including phenoxy) is 1. The molecule has 0 aromatic heterocycles. The number of Topliss-reactive ketones (excluding diaryl/α,β-unsaturated/α-hetero) is 2. The lowest BCUT2D eigenvalue weighted by molar-refractivity contribution is -0.141. The molecular weight excluding hydrogens is 284 g/mol. The summed E-state index contributed by atoms with van der Waals surface area (Å²) < 4.78 is 4.67. The molecule has 1 aromatic rings. The molecule has 0 aliphatic rings. The van der Waals surface area contributed by atoms with E-state index in [1.165, 1.54) is 6.92 Å². The molecule has 0 saturated heterocycles. The van der Waals surface area contributed by atoms with Gasteiger partial charge in [0, 0.05) is 12.8 Å². The molecule has 0 spiro atoms. The highest BCUT2D eigenvalue weighted by Gasteiger charge is 2.33. The average Bonchev–Trinajstić information content (AvgIpc) is 2.48. The van der Waals surface area contributed by atoms with Crippen molar-refractivity contribution in [2.75, 3.05) is 6.61 Å². The summed E-state index contributed by atoms with van der Waals surface area (Å²) in [6.07, 6.45) is 0.0547. The predicted molar refractivity (Wildman–Crippen MR) is 79.4 cm³/mol. The predicted octanol–water partition coefficient (Wildman–Crippen LogP) is 1.94. The largest absolute Gasteiger partial charge is 0.457 e. The van der Waals surface area contributed by atoms with Gasteiger partial charge in [0.1, 0.15) is 5.78 Å². The third-order valence-corrected chi connectivity index (χ3v) is 3.07. The molecule has 6 heteroatoms. The zero-order chi connectivity index (χ0) is 16.5. The van der Waals surface area contributed by atoms with Crippen molar-refractivity contribution in [1.29, 1.82) is 0 Å². The van der Waals surface area contributed by atoms with Gasteiger partial charge in [-0.25, -0.2) is 4.79 Å². The molecule has 0 saturated carbocycles. The van der Waals surface area contributed by atoms with Crippen LogP contribution in [-0.2, 0) is 19.1 Å². The summed E-state index contributed by atoms with van der Waals surface area (Å²) in [6, 6.07) is 9.05. The lowest BCUT2D eigenvalue weighted by Gasteiger charge is -2.13. The van der Waals surface area contributed by atoms with Crippen molar-refractivity contribution in [1.82, 2.24) is 0 Å². The summed E-state index contributed by atoms with van der Waals surface area (Å²) in [6.45, 7) is 3.09. The number of nitrogens with zero attached hydrogens (tertiary/aromatic N) is 2. The maximum Gasteiger partial charge on any atom is 0.441 e. The molecule has 0 radical (unpaired) electrons. The monoisotopic (exact) mass is 302 g/mol. The fourth-order valence-corrected chi connectivity index (χ4v) is 2.11. The van der Waals surface area contributed by atoms with Gasteiger partial charge in [0.15, 0.2) is 0 Å². The minimum Gasteiger partial charge on any atom is -0.457 e. The van der Waals surface area contributed by atoms with E-state index >= 15 is 0 Å². The number of carbonyl (C=O) groups is 3. The molecule has 1 rings (SSSR count). The van der Waals surface area contributed by atoms with Crippen LogP contribution >= 0.6 is 0 Å². The van der Waals surface area contributed by atoms with Gasteiger partial charge in [-0.05, 0) is 25.3 Å². The number of esters is 1. The van der Waals surface area contributed by atoms with E-state index in [0.29, 0.717) is 0 Å².